The van der Waals surface area contributed by atoms with E-state index in [0.29, 0.717) is 0 Å². The quantitative estimate of drug-likeness (QED) is 0.457. The van der Waals surface area contributed by atoms with E-state index in [9.17, 15) is 13.6 Å². The van der Waals surface area contributed by atoms with Crippen LogP contribution < -0.4 is 0 Å². The van der Waals surface area contributed by atoms with Crippen LogP contribution in [-0.4, -0.2) is 47.8 Å². The molecule has 0 aliphatic heterocycles. The van der Waals surface area contributed by atoms with Crippen LogP contribution in [0.4, 0.5) is 8.78 Å². The first-order chi connectivity index (χ1) is 9.90. The number of rotatable bonds is 6. The van der Waals surface area contributed by atoms with Crippen molar-refractivity contribution in [2.24, 2.45) is 0 Å². The van der Waals surface area contributed by atoms with Crippen molar-refractivity contribution in [1.82, 2.24) is 14.9 Å². The van der Waals surface area contributed by atoms with Crippen molar-refractivity contribution in [2.75, 3.05) is 27.0 Å². The van der Waals surface area contributed by atoms with Gasteiger partial charge in [0.15, 0.2) is 5.16 Å². The molecule has 1 aromatic heterocycles. The molecule has 0 aromatic carbocycles. The zero-order valence-corrected chi connectivity index (χ0v) is 13.1. The predicted octanol–water partition coefficient (Wildman–Crippen LogP) is 2.85. The summed E-state index contributed by atoms with van der Waals surface area (Å²) in [6.07, 6.45) is 1.89. The van der Waals surface area contributed by atoms with E-state index >= 15 is 0 Å². The van der Waals surface area contributed by atoms with Crippen LogP contribution >= 0.6 is 11.8 Å². The van der Waals surface area contributed by atoms with E-state index in [-0.39, 0.29) is 23.0 Å². The van der Waals surface area contributed by atoms with Crippen LogP contribution in [0.5, 0.6) is 0 Å². The van der Waals surface area contributed by atoms with Crippen LogP contribution in [0, 0.1) is 0 Å². The Bertz CT molecular complexity index is 536. The number of nitrogens with zero attached hydrogens (tertiary/aromatic N) is 3. The van der Waals surface area contributed by atoms with Gasteiger partial charge in [-0.15, -0.1) is 0 Å². The van der Waals surface area contributed by atoms with Crippen molar-refractivity contribution >= 4 is 23.8 Å². The molecule has 0 atom stereocenters. The fraction of sp³-hybridized carbons (Fsp3) is 0.462. The number of halogens is 2. The lowest BCUT2D eigenvalue weighted by atomic mass is 10.1. The highest BCUT2D eigenvalue weighted by atomic mass is 32.2. The summed E-state index contributed by atoms with van der Waals surface area (Å²) < 4.78 is 31.2. The molecule has 1 rings (SSSR count). The maximum absolute atomic E-state index is 13.2. The molecule has 21 heavy (non-hydrogen) atoms. The van der Waals surface area contributed by atoms with E-state index in [0.717, 1.165) is 11.8 Å². The van der Waals surface area contributed by atoms with Crippen molar-refractivity contribution in [3.05, 3.63) is 23.2 Å². The SMILES string of the molecule is CCOC(=O)c1c(/C=C/N(C)C)nc(SC)nc1C(F)F. The molecule has 0 bridgehead atoms. The smallest absolute Gasteiger partial charge is 0.342 e. The van der Waals surface area contributed by atoms with Crippen LogP contribution in [0.15, 0.2) is 11.4 Å². The van der Waals surface area contributed by atoms with E-state index in [4.69, 9.17) is 4.74 Å². The molecule has 0 aliphatic carbocycles. The minimum absolute atomic E-state index is 0.0859. The van der Waals surface area contributed by atoms with E-state index in [1.807, 2.05) is 0 Å². The normalized spacial score (nSPS) is 11.2. The van der Waals surface area contributed by atoms with Crippen molar-refractivity contribution in [3.63, 3.8) is 0 Å². The molecule has 0 saturated carbocycles. The van der Waals surface area contributed by atoms with Gasteiger partial charge in [0.1, 0.15) is 11.3 Å². The number of alkyl halides is 2. The van der Waals surface area contributed by atoms with Gasteiger partial charge >= 0.3 is 5.97 Å². The zero-order valence-electron chi connectivity index (χ0n) is 12.3. The lowest BCUT2D eigenvalue weighted by Crippen LogP contribution is -2.15. The number of carbonyl (C=O) groups is 1. The van der Waals surface area contributed by atoms with Gasteiger partial charge in [0, 0.05) is 20.3 Å². The molecule has 0 N–H and O–H groups in total. The lowest BCUT2D eigenvalue weighted by molar-refractivity contribution is 0.0511. The highest BCUT2D eigenvalue weighted by Crippen LogP contribution is 2.26. The average Bonchev–Trinajstić information content (AvgIpc) is 2.43. The summed E-state index contributed by atoms with van der Waals surface area (Å²) in [6.45, 7) is 1.69. The van der Waals surface area contributed by atoms with Crippen molar-refractivity contribution in [2.45, 2.75) is 18.5 Å². The van der Waals surface area contributed by atoms with Crippen molar-refractivity contribution < 1.29 is 18.3 Å². The Morgan fingerprint density at radius 2 is 2.10 bits per heavy atom. The number of ether oxygens (including phenoxy) is 1. The fourth-order valence-electron chi connectivity index (χ4n) is 1.48. The van der Waals surface area contributed by atoms with Gasteiger partial charge in [-0.05, 0) is 19.3 Å². The van der Waals surface area contributed by atoms with E-state index < -0.39 is 18.1 Å². The Hall–Kier alpha value is -1.70. The number of hydrogen-bond donors (Lipinski definition) is 0. The Morgan fingerprint density at radius 1 is 1.43 bits per heavy atom. The fourth-order valence-corrected chi connectivity index (χ4v) is 1.86. The molecule has 8 heteroatoms. The summed E-state index contributed by atoms with van der Waals surface area (Å²) in [5.41, 5.74) is -0.772. The zero-order chi connectivity index (χ0) is 16.0. The first-order valence-corrected chi connectivity index (χ1v) is 7.39. The maximum Gasteiger partial charge on any atom is 0.342 e. The van der Waals surface area contributed by atoms with Crippen molar-refractivity contribution in [3.8, 4) is 0 Å². The van der Waals surface area contributed by atoms with Crippen LogP contribution in [0.3, 0.4) is 0 Å². The summed E-state index contributed by atoms with van der Waals surface area (Å²) in [5.74, 6) is -0.848. The molecular formula is C13H17F2N3O2S. The van der Waals surface area contributed by atoms with E-state index in [1.165, 1.54) is 6.08 Å². The molecule has 0 spiro atoms. The molecule has 0 radical (unpaired) electrons. The molecule has 0 saturated heterocycles. The number of esters is 1. The maximum atomic E-state index is 13.2. The van der Waals surface area contributed by atoms with Crippen LogP contribution in [0.2, 0.25) is 0 Å². The third-order valence-electron chi connectivity index (χ3n) is 2.34. The van der Waals surface area contributed by atoms with Crippen LogP contribution in [0.1, 0.15) is 35.1 Å². The average molecular weight is 317 g/mol. The Labute approximate surface area is 126 Å². The molecule has 1 aromatic rings. The van der Waals surface area contributed by atoms with Gasteiger partial charge in [-0.25, -0.2) is 23.5 Å². The van der Waals surface area contributed by atoms with Gasteiger partial charge < -0.3 is 9.64 Å². The van der Waals surface area contributed by atoms with Gasteiger partial charge in [0.25, 0.3) is 6.43 Å². The summed E-state index contributed by atoms with van der Waals surface area (Å²) in [6, 6.07) is 0. The largest absolute Gasteiger partial charge is 0.462 e. The summed E-state index contributed by atoms with van der Waals surface area (Å²) in [4.78, 5) is 21.5. The number of thioether (sulfide) groups is 1. The molecule has 0 fully saturated rings. The lowest BCUT2D eigenvalue weighted by Gasteiger charge is -2.12. The third-order valence-corrected chi connectivity index (χ3v) is 2.89. The molecule has 0 amide bonds. The highest BCUT2D eigenvalue weighted by Gasteiger charge is 2.26. The summed E-state index contributed by atoms with van der Waals surface area (Å²) in [7, 11) is 3.54. The number of aromatic nitrogens is 2. The standard InChI is InChI=1S/C13H17F2N3O2S/c1-5-20-12(19)9-8(6-7-18(2)3)16-13(21-4)17-10(9)11(14)15/h6-7,11H,5H2,1-4H3/b7-6+. The Balaban J connectivity index is 3.48. The molecule has 1 heterocycles. The minimum atomic E-state index is -2.88. The molecule has 116 valence electrons. The van der Waals surface area contributed by atoms with Gasteiger partial charge in [-0.3, -0.25) is 0 Å². The second-order valence-electron chi connectivity index (χ2n) is 4.16. The van der Waals surface area contributed by atoms with Gasteiger partial charge in [-0.2, -0.15) is 0 Å². The number of hydrogen-bond acceptors (Lipinski definition) is 6. The first-order valence-electron chi connectivity index (χ1n) is 6.16. The van der Waals surface area contributed by atoms with Gasteiger partial charge in [0.05, 0.1) is 12.3 Å². The monoisotopic (exact) mass is 317 g/mol. The predicted molar refractivity (Wildman–Crippen MR) is 77.4 cm³/mol. The van der Waals surface area contributed by atoms with Gasteiger partial charge in [0.2, 0.25) is 0 Å². The van der Waals surface area contributed by atoms with Crippen LogP contribution in [-0.2, 0) is 4.74 Å². The highest BCUT2D eigenvalue weighted by molar-refractivity contribution is 7.98. The van der Waals surface area contributed by atoms with E-state index in [2.05, 4.69) is 9.97 Å². The van der Waals surface area contributed by atoms with Crippen molar-refractivity contribution in [1.29, 1.82) is 0 Å². The Morgan fingerprint density at radius 3 is 2.57 bits per heavy atom. The summed E-state index contributed by atoms with van der Waals surface area (Å²) >= 11 is 1.13. The minimum Gasteiger partial charge on any atom is -0.462 e. The van der Waals surface area contributed by atoms with Crippen LogP contribution in [0.25, 0.3) is 6.08 Å². The number of carbonyl (C=O) groups excluding carboxylic acids is 1. The van der Waals surface area contributed by atoms with E-state index in [1.54, 1.807) is 38.4 Å². The molecular weight excluding hydrogens is 300 g/mol. The third kappa shape index (κ3) is 4.66. The Kier molecular flexibility index (Phi) is 6.54. The topological polar surface area (TPSA) is 55.3 Å². The first kappa shape index (κ1) is 17.4. The molecule has 0 unspecified atom stereocenters. The second-order valence-corrected chi connectivity index (χ2v) is 4.93. The second kappa shape index (κ2) is 7.92. The summed E-state index contributed by atoms with van der Waals surface area (Å²) in [5, 5.41) is 0.178. The molecule has 5 nitrogen and oxygen atoms in total. The molecule has 0 aliphatic rings. The van der Waals surface area contributed by atoms with Gasteiger partial charge in [-0.1, -0.05) is 11.8 Å².